The highest BCUT2D eigenvalue weighted by Gasteiger charge is 2.13. The van der Waals surface area contributed by atoms with Crippen LogP contribution in [0.3, 0.4) is 0 Å². The Morgan fingerprint density at radius 2 is 1.75 bits per heavy atom. The van der Waals surface area contributed by atoms with Gasteiger partial charge in [-0.3, -0.25) is 0 Å². The van der Waals surface area contributed by atoms with Crippen LogP contribution in [0.2, 0.25) is 5.02 Å². The first-order valence-electron chi connectivity index (χ1n) is 10.8. The third-order valence-electron chi connectivity index (χ3n) is 5.02. The summed E-state index contributed by atoms with van der Waals surface area (Å²) in [7, 11) is 0. The highest BCUT2D eigenvalue weighted by molar-refractivity contribution is 7.99. The van der Waals surface area contributed by atoms with Gasteiger partial charge in [0.25, 0.3) is 0 Å². The number of aryl methyl sites for hydroxylation is 1. The lowest BCUT2D eigenvalue weighted by Crippen LogP contribution is -2.36. The Bertz CT molecular complexity index is 1040. The van der Waals surface area contributed by atoms with Gasteiger partial charge in [-0.2, -0.15) is 0 Å². The molecule has 170 valence electrons. The number of morpholine rings is 1. The van der Waals surface area contributed by atoms with E-state index in [9.17, 15) is 0 Å². The fourth-order valence-corrected chi connectivity index (χ4v) is 4.38. The molecule has 3 N–H and O–H groups in total. The fraction of sp³-hybridized carbons (Fsp3) is 0.333. The van der Waals surface area contributed by atoms with E-state index >= 15 is 0 Å². The Labute approximate surface area is 199 Å². The number of aromatic nitrogens is 2. The van der Waals surface area contributed by atoms with Crippen LogP contribution < -0.4 is 16.0 Å². The molecular weight excluding hydrogens is 442 g/mol. The molecule has 1 aromatic heterocycles. The van der Waals surface area contributed by atoms with Crippen molar-refractivity contribution in [1.29, 1.82) is 0 Å². The zero-order valence-corrected chi connectivity index (χ0v) is 20.6. The number of anilines is 4. The predicted octanol–water partition coefficient (Wildman–Crippen LogP) is 6.09. The normalized spacial score (nSPS) is 13.3. The van der Waals surface area contributed by atoms with Gasteiger partial charge in [0.05, 0.1) is 18.2 Å². The van der Waals surface area contributed by atoms with Gasteiger partial charge in [-0.15, -0.1) is 0 Å². The van der Waals surface area contributed by atoms with Crippen LogP contribution in [0.15, 0.2) is 52.5 Å². The molecule has 2 heterocycles. The van der Waals surface area contributed by atoms with E-state index in [1.807, 2.05) is 58.2 Å². The number of rotatable bonds is 5. The highest BCUT2D eigenvalue weighted by Crippen LogP contribution is 2.37. The number of benzene rings is 2. The topological polar surface area (TPSA) is 76.3 Å². The van der Waals surface area contributed by atoms with Gasteiger partial charge >= 0.3 is 0 Å². The average molecular weight is 472 g/mol. The lowest BCUT2D eigenvalue weighted by molar-refractivity contribution is 0.122. The minimum Gasteiger partial charge on any atom is -0.398 e. The first-order valence-corrected chi connectivity index (χ1v) is 12.0. The van der Waals surface area contributed by atoms with Gasteiger partial charge in [-0.1, -0.05) is 37.2 Å². The molecule has 0 bridgehead atoms. The van der Waals surface area contributed by atoms with Gasteiger partial charge in [0, 0.05) is 46.8 Å². The summed E-state index contributed by atoms with van der Waals surface area (Å²) in [5, 5.41) is 4.80. The molecule has 1 aliphatic heterocycles. The van der Waals surface area contributed by atoms with E-state index in [1.54, 1.807) is 0 Å². The van der Waals surface area contributed by atoms with E-state index in [2.05, 4.69) is 27.3 Å². The van der Waals surface area contributed by atoms with E-state index in [1.165, 1.54) is 17.4 Å². The van der Waals surface area contributed by atoms with E-state index in [-0.39, 0.29) is 0 Å². The summed E-state index contributed by atoms with van der Waals surface area (Å²) in [6.45, 7) is 11.3. The molecular formula is C24H30ClN5OS. The number of hydrogen-bond acceptors (Lipinski definition) is 7. The minimum absolute atomic E-state index is 0.547. The number of nitrogens with one attached hydrogen (secondary N) is 1. The van der Waals surface area contributed by atoms with Crippen molar-refractivity contribution in [2.24, 2.45) is 0 Å². The van der Waals surface area contributed by atoms with Gasteiger partial charge in [0.1, 0.15) is 5.03 Å². The van der Waals surface area contributed by atoms with Crippen molar-refractivity contribution in [3.05, 3.63) is 58.7 Å². The molecule has 4 rings (SSSR count). The SMILES string of the molecule is CC.Cc1cnc(Nc2ccc(N3CCOCC3)cc2)nc1Sc1ccc(N)c(C)c1Cl. The maximum atomic E-state index is 6.48. The number of nitrogen functional groups attached to an aromatic ring is 1. The fourth-order valence-electron chi connectivity index (χ4n) is 3.15. The number of nitrogens with two attached hydrogens (primary N) is 1. The molecule has 2 aromatic carbocycles. The van der Waals surface area contributed by atoms with Crippen molar-refractivity contribution in [1.82, 2.24) is 9.97 Å². The molecule has 0 radical (unpaired) electrons. The van der Waals surface area contributed by atoms with Crippen LogP contribution in [0, 0.1) is 13.8 Å². The first-order chi connectivity index (χ1) is 15.5. The van der Waals surface area contributed by atoms with Crippen LogP contribution in [0.1, 0.15) is 25.0 Å². The Balaban J connectivity index is 0.00000141. The smallest absolute Gasteiger partial charge is 0.228 e. The second kappa shape index (κ2) is 11.4. The lowest BCUT2D eigenvalue weighted by Gasteiger charge is -2.28. The Morgan fingerprint density at radius 1 is 1.06 bits per heavy atom. The van der Waals surface area contributed by atoms with Crippen LogP contribution in [-0.2, 0) is 4.74 Å². The Hall–Kier alpha value is -2.48. The molecule has 0 atom stereocenters. The van der Waals surface area contributed by atoms with Crippen LogP contribution in [0.5, 0.6) is 0 Å². The van der Waals surface area contributed by atoms with Gasteiger partial charge < -0.3 is 20.7 Å². The quantitative estimate of drug-likeness (QED) is 0.344. The minimum atomic E-state index is 0.547. The van der Waals surface area contributed by atoms with E-state index < -0.39 is 0 Å². The molecule has 32 heavy (non-hydrogen) atoms. The zero-order chi connectivity index (χ0) is 23.1. The molecule has 1 fully saturated rings. The van der Waals surface area contributed by atoms with E-state index in [0.29, 0.717) is 16.7 Å². The molecule has 0 amide bonds. The summed E-state index contributed by atoms with van der Waals surface area (Å²) in [6, 6.07) is 12.1. The standard InChI is InChI=1S/C22H24ClN5OS.C2H6/c1-14-13-25-22(27-21(14)30-19-8-7-18(24)15(2)20(19)23)26-16-3-5-17(6-4-16)28-9-11-29-12-10-28;1-2/h3-8,13H,9-12,24H2,1-2H3,(H,25,26,27);1-2H3. The molecule has 1 aliphatic rings. The van der Waals surface area contributed by atoms with E-state index in [4.69, 9.17) is 27.1 Å². The van der Waals surface area contributed by atoms with Crippen LogP contribution in [0.25, 0.3) is 0 Å². The maximum absolute atomic E-state index is 6.48. The lowest BCUT2D eigenvalue weighted by atomic mass is 10.2. The molecule has 0 aliphatic carbocycles. The van der Waals surface area contributed by atoms with Crippen molar-refractivity contribution in [3.63, 3.8) is 0 Å². The molecule has 0 unspecified atom stereocenters. The molecule has 8 heteroatoms. The average Bonchev–Trinajstić information content (AvgIpc) is 2.84. The van der Waals surface area contributed by atoms with Gasteiger partial charge in [0.15, 0.2) is 0 Å². The van der Waals surface area contributed by atoms with Crippen molar-refractivity contribution in [3.8, 4) is 0 Å². The molecule has 3 aromatic rings. The van der Waals surface area contributed by atoms with E-state index in [0.717, 1.165) is 53.0 Å². The Kier molecular flexibility index (Phi) is 8.61. The summed E-state index contributed by atoms with van der Waals surface area (Å²) in [5.74, 6) is 0.547. The number of hydrogen-bond donors (Lipinski definition) is 2. The molecule has 0 saturated carbocycles. The molecule has 1 saturated heterocycles. The third-order valence-corrected chi connectivity index (χ3v) is 6.79. The van der Waals surface area contributed by atoms with Crippen molar-refractivity contribution in [2.45, 2.75) is 37.6 Å². The second-order valence-electron chi connectivity index (χ2n) is 7.15. The number of halogens is 1. The Morgan fingerprint density at radius 3 is 2.44 bits per heavy atom. The summed E-state index contributed by atoms with van der Waals surface area (Å²) in [6.07, 6.45) is 1.82. The van der Waals surface area contributed by atoms with Gasteiger partial charge in [-0.25, -0.2) is 9.97 Å². The number of ether oxygens (including phenoxy) is 1. The number of nitrogens with zero attached hydrogens (tertiary/aromatic N) is 3. The highest BCUT2D eigenvalue weighted by atomic mass is 35.5. The monoisotopic (exact) mass is 471 g/mol. The maximum Gasteiger partial charge on any atom is 0.228 e. The molecule has 0 spiro atoms. The van der Waals surface area contributed by atoms with Crippen LogP contribution in [-0.4, -0.2) is 36.3 Å². The third kappa shape index (κ3) is 5.85. The van der Waals surface area contributed by atoms with Gasteiger partial charge in [0.2, 0.25) is 5.95 Å². The first kappa shape index (κ1) is 24.2. The predicted molar refractivity (Wildman–Crippen MR) is 136 cm³/mol. The zero-order valence-electron chi connectivity index (χ0n) is 19.0. The molecule has 6 nitrogen and oxygen atoms in total. The van der Waals surface area contributed by atoms with Crippen molar-refractivity contribution in [2.75, 3.05) is 42.3 Å². The van der Waals surface area contributed by atoms with Crippen molar-refractivity contribution >= 4 is 46.4 Å². The summed E-state index contributed by atoms with van der Waals surface area (Å²) < 4.78 is 5.42. The van der Waals surface area contributed by atoms with Crippen LogP contribution in [0.4, 0.5) is 23.0 Å². The largest absolute Gasteiger partial charge is 0.398 e. The second-order valence-corrected chi connectivity index (χ2v) is 8.56. The van der Waals surface area contributed by atoms with Crippen LogP contribution >= 0.6 is 23.4 Å². The summed E-state index contributed by atoms with van der Waals surface area (Å²) >= 11 is 7.99. The summed E-state index contributed by atoms with van der Waals surface area (Å²) in [4.78, 5) is 12.4. The van der Waals surface area contributed by atoms with Gasteiger partial charge in [-0.05, 0) is 55.8 Å². The summed E-state index contributed by atoms with van der Waals surface area (Å²) in [5.41, 5.74) is 10.6. The van der Waals surface area contributed by atoms with Crippen molar-refractivity contribution < 1.29 is 4.74 Å².